The average molecular weight is 2160 g/mol. The second-order valence-electron chi connectivity index (χ2n) is 38.2. The van der Waals surface area contributed by atoms with Gasteiger partial charge in [0.05, 0.1) is 104 Å². The summed E-state index contributed by atoms with van der Waals surface area (Å²) in [5.41, 5.74) is 11.4. The number of likely N-dealkylation sites (tertiary alicyclic amines) is 2. The molecule has 8 aromatic rings. The Morgan fingerprint density at radius 1 is 0.467 bits per heavy atom. The van der Waals surface area contributed by atoms with Crippen molar-refractivity contribution in [3.05, 3.63) is 196 Å². The van der Waals surface area contributed by atoms with Crippen molar-refractivity contribution >= 4 is 138 Å². The normalized spacial score (nSPS) is 15.8. The van der Waals surface area contributed by atoms with Gasteiger partial charge in [0.25, 0.3) is 11.8 Å². The number of Topliss-reactive ketones (excluding diaryl/α,β-unsaturated/α-hetero) is 2. The highest BCUT2D eigenvalue weighted by atomic mass is 127. The Bertz CT molecular complexity index is 5290. The van der Waals surface area contributed by atoms with Gasteiger partial charge in [-0.3, -0.25) is 48.0 Å². The number of benzene rings is 6. The van der Waals surface area contributed by atoms with Crippen molar-refractivity contribution in [2.75, 3.05) is 57.1 Å². The van der Waals surface area contributed by atoms with E-state index in [-0.39, 0.29) is 122 Å². The number of unbranched alkanes of at least 4 members (excludes halogenated alkanes) is 18. The third-order valence-corrected chi connectivity index (χ3v) is 28.5. The number of thiazole rings is 2. The van der Waals surface area contributed by atoms with Gasteiger partial charge in [0, 0.05) is 77.1 Å². The Hall–Kier alpha value is -8.82. The van der Waals surface area contributed by atoms with Crippen LogP contribution in [0, 0.1) is 78.6 Å². The number of nitrogens with zero attached hydrogens (tertiary/aromatic N) is 5. The molecule has 0 spiro atoms. The quantitative estimate of drug-likeness (QED) is 0.00760. The van der Waals surface area contributed by atoms with Crippen molar-refractivity contribution in [3.8, 4) is 20.9 Å². The smallest absolute Gasteiger partial charge is 0.277 e. The van der Waals surface area contributed by atoms with Crippen molar-refractivity contribution in [2.45, 2.75) is 279 Å². The Morgan fingerprint density at radius 3 is 1.16 bits per heavy atom. The summed E-state index contributed by atoms with van der Waals surface area (Å²) in [6, 6.07) is 26.0. The van der Waals surface area contributed by atoms with Gasteiger partial charge in [0.2, 0.25) is 23.6 Å². The lowest BCUT2D eigenvalue weighted by molar-refractivity contribution is -0.146. The van der Waals surface area contributed by atoms with Gasteiger partial charge in [0.1, 0.15) is 35.3 Å². The van der Waals surface area contributed by atoms with Gasteiger partial charge in [-0.25, -0.2) is 47.3 Å². The first-order valence-corrected chi connectivity index (χ1v) is 51.7. The molecule has 0 aliphatic carbocycles. The molecule has 2 aromatic heterocycles. The van der Waals surface area contributed by atoms with Crippen molar-refractivity contribution in [1.29, 1.82) is 0 Å². The number of aliphatic hydroxyl groups excluding tert-OH is 2. The molecular weight excluding hydrogens is 2030 g/mol. The Kier molecular flexibility index (Phi) is 45.2. The Balaban J connectivity index is 0.000000307. The van der Waals surface area contributed by atoms with Crippen molar-refractivity contribution in [1.82, 2.24) is 46.3 Å². The summed E-state index contributed by atoms with van der Waals surface area (Å²) in [5.74, 6) is -10.2. The molecule has 6 aromatic carbocycles. The largest absolute Gasteiger partial charge is 0.391 e. The highest BCUT2D eigenvalue weighted by molar-refractivity contribution is 14.1. The number of carbonyl (C=O) groups excluding carboxylic acids is 8. The number of hydrogen-bond acceptors (Lipinski definition) is 19. The van der Waals surface area contributed by atoms with E-state index in [1.807, 2.05) is 181 Å². The first kappa shape index (κ1) is 112. The number of aryl methyl sites for hydroxylation is 2. The van der Waals surface area contributed by atoms with Crippen LogP contribution in [0.5, 0.6) is 0 Å². The van der Waals surface area contributed by atoms with E-state index >= 15 is 0 Å². The van der Waals surface area contributed by atoms with Crippen LogP contribution in [0.15, 0.2) is 120 Å². The van der Waals surface area contributed by atoms with E-state index in [9.17, 15) is 74.9 Å². The zero-order chi connectivity index (χ0) is 99.6. The first-order valence-electron chi connectivity index (χ1n) is 47.8. The highest BCUT2D eigenvalue weighted by Crippen LogP contribution is 2.39. The molecule has 4 heterocycles. The van der Waals surface area contributed by atoms with Crippen LogP contribution in [0.2, 0.25) is 0 Å². The summed E-state index contributed by atoms with van der Waals surface area (Å²) in [5, 5.41) is 32.4. The molecule has 23 nitrogen and oxygen atoms in total. The molecule has 2 aliphatic rings. The van der Waals surface area contributed by atoms with Crippen LogP contribution in [0.4, 0.5) is 49.1 Å². The van der Waals surface area contributed by atoms with E-state index < -0.39 is 105 Å². The minimum atomic E-state index is -1.31. The topological polar surface area (TPSA) is 303 Å². The lowest BCUT2D eigenvalue weighted by Gasteiger charge is -2.35. The maximum atomic E-state index is 14.7. The van der Waals surface area contributed by atoms with E-state index in [1.165, 1.54) is 34.1 Å². The predicted molar refractivity (Wildman–Crippen MR) is 543 cm³/mol. The number of hydroxylamine groups is 2. The summed E-state index contributed by atoms with van der Waals surface area (Å²) in [6.45, 7) is 21.6. The second-order valence-corrected chi connectivity index (χ2v) is 42.4. The number of aliphatic hydroxyl groups is 2. The zero-order valence-corrected chi connectivity index (χ0v) is 86.5. The standard InChI is InChI=1S/C52H68F3IN6O6S.C52H67F3IN5O6S/c1-33(35-17-19-36(20-18-35)48-34(2)57-32-69-48)58-50(66)45-30-39(64)31-62(45)51(67)41(52(3,4)5)29-38(63)16-13-11-9-7-8-10-12-14-25-61(6)26-15-27-68-60-49(65)40-22-23-42(53)46(55)47(40)59-44-24-21-37(56)28-43(44)54;1-33(35-19-21-36(22-20-35)48-34(2)57-32-68-48)58-50(65)45-30-39(63)31-61(45)51(66)41(52(3,4)5)29-38(62)18-16-14-12-10-8-6-7-9-11-13-15-17-27-67-60-49(64)40-24-25-42(53)46(55)47(40)59-44-26-23-37(56)28-43(44)54/h17-24,28,32-33,39,41,45,59,64H,7-16,25-27,29-31H2,1-6H3,(H,58,66)(H,60,65);19-26,28,32-33,39,41,45,59,63H,6-18,27,29-31H2,1-5H3,(H,58,65)(H,60,64)/t2*33-,39-,41+,45+/m00/s1. The summed E-state index contributed by atoms with van der Waals surface area (Å²) < 4.78 is 87.5. The number of amides is 6. The fourth-order valence-corrected chi connectivity index (χ4v) is 19.6. The van der Waals surface area contributed by atoms with Crippen LogP contribution in [0.25, 0.3) is 20.9 Å². The van der Waals surface area contributed by atoms with Crippen molar-refractivity contribution in [2.24, 2.45) is 22.7 Å². The number of nitrogens with one attached hydrogen (secondary N) is 6. The Morgan fingerprint density at radius 2 is 0.810 bits per heavy atom. The number of carbonyl (C=O) groups is 8. The van der Waals surface area contributed by atoms with E-state index in [1.54, 1.807) is 34.8 Å². The van der Waals surface area contributed by atoms with E-state index in [4.69, 9.17) is 9.68 Å². The van der Waals surface area contributed by atoms with Crippen molar-refractivity contribution < 1.29 is 84.6 Å². The van der Waals surface area contributed by atoms with Gasteiger partial charge >= 0.3 is 0 Å². The van der Waals surface area contributed by atoms with Crippen LogP contribution in [0.3, 0.4) is 0 Å². The van der Waals surface area contributed by atoms with Gasteiger partial charge in [-0.2, -0.15) is 0 Å². The molecule has 0 unspecified atom stereocenters. The fourth-order valence-electron chi connectivity index (χ4n) is 17.1. The van der Waals surface area contributed by atoms with Crippen LogP contribution in [0.1, 0.15) is 284 Å². The lowest BCUT2D eigenvalue weighted by Crippen LogP contribution is -2.50. The molecule has 8 N–H and O–H groups in total. The third-order valence-electron chi connectivity index (χ3n) is 25.2. The maximum Gasteiger partial charge on any atom is 0.277 e. The average Bonchev–Trinajstić information content (AvgIpc) is 1.02. The second kappa shape index (κ2) is 55.4. The van der Waals surface area contributed by atoms with E-state index in [0.717, 1.165) is 203 Å². The number of rotatable bonds is 52. The number of halogens is 8. The molecule has 8 atom stereocenters. The molecule has 0 bridgehead atoms. The molecule has 0 radical (unpaired) electrons. The van der Waals surface area contributed by atoms with Gasteiger partial charge in [0.15, 0.2) is 23.3 Å². The fraction of sp³-hybridized carbons (Fsp3) is 0.519. The zero-order valence-electron chi connectivity index (χ0n) is 80.6. The number of aromatic nitrogens is 2. The van der Waals surface area contributed by atoms with E-state index in [0.29, 0.717) is 32.8 Å². The van der Waals surface area contributed by atoms with Crippen LogP contribution >= 0.6 is 67.9 Å². The molecule has 2 saturated heterocycles. The van der Waals surface area contributed by atoms with Gasteiger partial charge in [-0.1, -0.05) is 193 Å². The molecule has 0 saturated carbocycles. The molecule has 2 aliphatic heterocycles. The molecular formula is C104H135F6I2N11O12S2. The van der Waals surface area contributed by atoms with Crippen LogP contribution < -0.4 is 32.2 Å². The number of anilines is 4. The number of hydrogen-bond donors (Lipinski definition) is 8. The number of β-amino-alcohol motifs (C(OH)–C–C–N with tert-alkyl or cyclic N) is 2. The summed E-state index contributed by atoms with van der Waals surface area (Å²) in [4.78, 5) is 134. The monoisotopic (exact) mass is 2160 g/mol. The van der Waals surface area contributed by atoms with Crippen LogP contribution in [-0.2, 0) is 38.4 Å². The summed E-state index contributed by atoms with van der Waals surface area (Å²) in [7, 11) is 2.02. The molecule has 6 amide bonds. The SMILES string of the molecule is Cc1ncsc1-c1ccc([C@H](C)NC(=O)[C@H]2C[C@H](O)CN2C(=O)[C@@H](CC(=O)CCCCCCCCCCCCCCONC(=O)c2ccc(F)c(F)c2Nc2ccc(I)cc2F)C(C)(C)C)cc1.Cc1ncsc1-c1ccc([C@H](C)NC(=O)[C@H]2C[C@H](O)CN2C(=O)[C@@H](CC(=O)CCCCCCCCCCN(C)CCCONC(=O)c2ccc(F)c(F)c2Nc2ccc(I)cc2F)C(C)(C)C)cc1. The van der Waals surface area contributed by atoms with Crippen molar-refractivity contribution in [3.63, 3.8) is 0 Å². The van der Waals surface area contributed by atoms with E-state index in [2.05, 4.69) is 47.1 Å². The molecule has 2 fully saturated rings. The number of ketones is 2. The summed E-state index contributed by atoms with van der Waals surface area (Å²) in [6.07, 6.45) is 20.5. The highest BCUT2D eigenvalue weighted by Gasteiger charge is 2.47. The molecule has 10 rings (SSSR count). The predicted octanol–water partition coefficient (Wildman–Crippen LogP) is 22.9. The minimum absolute atomic E-state index is 0.0380. The maximum absolute atomic E-state index is 14.7. The molecule has 746 valence electrons. The third kappa shape index (κ3) is 34.8. The first-order chi connectivity index (χ1) is 65.3. The van der Waals surface area contributed by atoms with Gasteiger partial charge < -0.3 is 46.2 Å². The van der Waals surface area contributed by atoms with Crippen LogP contribution in [-0.4, -0.2) is 153 Å². The lowest BCUT2D eigenvalue weighted by atomic mass is 9.76. The molecule has 137 heavy (non-hydrogen) atoms. The van der Waals surface area contributed by atoms with Gasteiger partial charge in [-0.05, 0) is 212 Å². The summed E-state index contributed by atoms with van der Waals surface area (Å²) >= 11 is 7.02. The van der Waals surface area contributed by atoms with Gasteiger partial charge in [-0.15, -0.1) is 22.7 Å². The molecule has 33 heteroatoms. The Labute approximate surface area is 837 Å². The minimum Gasteiger partial charge on any atom is -0.391 e.